The van der Waals surface area contributed by atoms with Gasteiger partial charge in [-0.3, -0.25) is 9.78 Å². The molecule has 0 atom stereocenters. The number of nitrogens with one attached hydrogen (secondary N) is 2. The van der Waals surface area contributed by atoms with Gasteiger partial charge in [0.25, 0.3) is 5.91 Å². The van der Waals surface area contributed by atoms with E-state index in [9.17, 15) is 4.79 Å². The van der Waals surface area contributed by atoms with Gasteiger partial charge < -0.3 is 15.4 Å². The van der Waals surface area contributed by atoms with Gasteiger partial charge >= 0.3 is 0 Å². The smallest absolute Gasteiger partial charge is 0.257 e. The summed E-state index contributed by atoms with van der Waals surface area (Å²) >= 11 is 0. The number of nitrogens with zero attached hydrogens (tertiary/aromatic N) is 1. The maximum absolute atomic E-state index is 12.7. The monoisotopic (exact) mass is 361 g/mol. The second kappa shape index (κ2) is 8.36. The molecule has 2 aromatic carbocycles. The van der Waals surface area contributed by atoms with Crippen LogP contribution >= 0.6 is 0 Å². The van der Waals surface area contributed by atoms with Gasteiger partial charge in [-0.15, -0.1) is 0 Å². The standard InChI is InChI=1S/C22H23N3O2/c1-15(2)27-21-7-5-4-6-20(21)25-22(26)17-12-19(14-23-13-17)24-18-10-8-16(3)9-11-18/h4-15,24H,1-3H3,(H,25,26). The van der Waals surface area contributed by atoms with E-state index in [-0.39, 0.29) is 12.0 Å². The fraction of sp³-hybridized carbons (Fsp3) is 0.182. The van der Waals surface area contributed by atoms with Crippen molar-refractivity contribution in [2.24, 2.45) is 0 Å². The molecule has 3 aromatic rings. The predicted molar refractivity (Wildman–Crippen MR) is 109 cm³/mol. The molecule has 0 aliphatic heterocycles. The minimum Gasteiger partial charge on any atom is -0.489 e. The number of aromatic nitrogens is 1. The van der Waals surface area contributed by atoms with Crippen LogP contribution < -0.4 is 15.4 Å². The minimum absolute atomic E-state index is 0.0201. The van der Waals surface area contributed by atoms with Gasteiger partial charge in [0.15, 0.2) is 0 Å². The average molecular weight is 361 g/mol. The molecule has 0 spiro atoms. The number of rotatable bonds is 6. The molecular weight excluding hydrogens is 338 g/mol. The molecule has 27 heavy (non-hydrogen) atoms. The van der Waals surface area contributed by atoms with Crippen LogP contribution in [0, 0.1) is 6.92 Å². The number of amides is 1. The molecule has 3 rings (SSSR count). The van der Waals surface area contributed by atoms with E-state index in [4.69, 9.17) is 4.74 Å². The quantitative estimate of drug-likeness (QED) is 0.635. The van der Waals surface area contributed by atoms with Gasteiger partial charge in [-0.1, -0.05) is 29.8 Å². The topological polar surface area (TPSA) is 63.2 Å². The number of hydrogen-bond donors (Lipinski definition) is 2. The third-order valence-electron chi connectivity index (χ3n) is 3.84. The molecule has 0 radical (unpaired) electrons. The summed E-state index contributed by atoms with van der Waals surface area (Å²) in [6.45, 7) is 5.93. The van der Waals surface area contributed by atoms with Gasteiger partial charge in [0.05, 0.1) is 29.2 Å². The molecule has 1 amide bonds. The number of anilines is 3. The molecule has 138 valence electrons. The first-order chi connectivity index (χ1) is 13.0. The molecule has 5 nitrogen and oxygen atoms in total. The van der Waals surface area contributed by atoms with Crippen LogP contribution in [0.5, 0.6) is 5.75 Å². The van der Waals surface area contributed by atoms with Gasteiger partial charge in [-0.25, -0.2) is 0 Å². The molecule has 1 aromatic heterocycles. The molecule has 5 heteroatoms. The van der Waals surface area contributed by atoms with Crippen LogP contribution in [0.2, 0.25) is 0 Å². The summed E-state index contributed by atoms with van der Waals surface area (Å²) in [6, 6.07) is 17.2. The van der Waals surface area contributed by atoms with Crippen molar-refractivity contribution in [3.05, 3.63) is 78.1 Å². The van der Waals surface area contributed by atoms with Gasteiger partial charge in [0.1, 0.15) is 5.75 Å². The number of benzene rings is 2. The van der Waals surface area contributed by atoms with E-state index < -0.39 is 0 Å². The summed E-state index contributed by atoms with van der Waals surface area (Å²) in [4.78, 5) is 16.8. The van der Waals surface area contributed by atoms with Gasteiger partial charge in [-0.05, 0) is 51.1 Å². The van der Waals surface area contributed by atoms with Crippen LogP contribution in [-0.2, 0) is 0 Å². The Morgan fingerprint density at radius 3 is 2.48 bits per heavy atom. The van der Waals surface area contributed by atoms with Crippen molar-refractivity contribution in [2.75, 3.05) is 10.6 Å². The van der Waals surface area contributed by atoms with Gasteiger partial charge in [0, 0.05) is 11.9 Å². The third-order valence-corrected chi connectivity index (χ3v) is 3.84. The summed E-state index contributed by atoms with van der Waals surface area (Å²) in [6.07, 6.45) is 3.25. The van der Waals surface area contributed by atoms with Crippen LogP contribution in [0.1, 0.15) is 29.8 Å². The van der Waals surface area contributed by atoms with Gasteiger partial charge in [0.2, 0.25) is 0 Å². The Hall–Kier alpha value is -3.34. The summed E-state index contributed by atoms with van der Waals surface area (Å²) in [7, 11) is 0. The Bertz CT molecular complexity index is 921. The fourth-order valence-corrected chi connectivity index (χ4v) is 2.56. The maximum atomic E-state index is 12.7. The van der Waals surface area contributed by atoms with Crippen LogP contribution in [0.25, 0.3) is 0 Å². The molecule has 0 bridgehead atoms. The van der Waals surface area contributed by atoms with E-state index in [0.29, 0.717) is 17.0 Å². The zero-order valence-electron chi connectivity index (χ0n) is 15.7. The average Bonchev–Trinajstić information content (AvgIpc) is 2.65. The van der Waals surface area contributed by atoms with Crippen LogP contribution in [0.4, 0.5) is 17.1 Å². The fourth-order valence-electron chi connectivity index (χ4n) is 2.56. The number of ether oxygens (including phenoxy) is 1. The van der Waals surface area contributed by atoms with E-state index in [0.717, 1.165) is 11.4 Å². The second-order valence-electron chi connectivity index (χ2n) is 6.57. The lowest BCUT2D eigenvalue weighted by Crippen LogP contribution is -2.15. The Kier molecular flexibility index (Phi) is 5.71. The van der Waals surface area contributed by atoms with Crippen LogP contribution in [0.3, 0.4) is 0 Å². The van der Waals surface area contributed by atoms with Crippen LogP contribution in [0.15, 0.2) is 67.0 Å². The van der Waals surface area contributed by atoms with Crippen molar-refractivity contribution in [3.63, 3.8) is 0 Å². The molecule has 2 N–H and O–H groups in total. The number of aryl methyl sites for hydroxylation is 1. The number of carbonyl (C=O) groups excluding carboxylic acids is 1. The Balaban J connectivity index is 1.75. The molecule has 0 aliphatic rings. The van der Waals surface area contributed by atoms with E-state index in [1.165, 1.54) is 5.56 Å². The predicted octanol–water partition coefficient (Wildman–Crippen LogP) is 5.17. The lowest BCUT2D eigenvalue weighted by atomic mass is 10.2. The third kappa shape index (κ3) is 5.07. The molecule has 0 fully saturated rings. The summed E-state index contributed by atoms with van der Waals surface area (Å²) in [5.74, 6) is 0.401. The maximum Gasteiger partial charge on any atom is 0.257 e. The number of carbonyl (C=O) groups is 1. The van der Waals surface area contributed by atoms with E-state index in [1.54, 1.807) is 18.5 Å². The van der Waals surface area contributed by atoms with Crippen molar-refractivity contribution in [1.29, 1.82) is 0 Å². The summed E-state index contributed by atoms with van der Waals surface area (Å²) < 4.78 is 5.75. The molecule has 0 unspecified atom stereocenters. The van der Waals surface area contributed by atoms with E-state index in [1.807, 2.05) is 69.3 Å². The number of para-hydroxylation sites is 2. The van der Waals surface area contributed by atoms with Crippen molar-refractivity contribution in [3.8, 4) is 5.75 Å². The Morgan fingerprint density at radius 2 is 1.74 bits per heavy atom. The molecule has 0 saturated carbocycles. The lowest BCUT2D eigenvalue weighted by Gasteiger charge is -2.15. The second-order valence-corrected chi connectivity index (χ2v) is 6.57. The highest BCUT2D eigenvalue weighted by atomic mass is 16.5. The first kappa shape index (κ1) is 18.5. The van der Waals surface area contributed by atoms with Gasteiger partial charge in [-0.2, -0.15) is 0 Å². The zero-order valence-corrected chi connectivity index (χ0v) is 15.7. The zero-order chi connectivity index (χ0) is 19.2. The molecular formula is C22H23N3O2. The highest BCUT2D eigenvalue weighted by molar-refractivity contribution is 6.05. The van der Waals surface area contributed by atoms with E-state index >= 15 is 0 Å². The van der Waals surface area contributed by atoms with Crippen molar-refractivity contribution < 1.29 is 9.53 Å². The SMILES string of the molecule is Cc1ccc(Nc2cncc(C(=O)Nc3ccccc3OC(C)C)c2)cc1. The van der Waals surface area contributed by atoms with Crippen molar-refractivity contribution in [1.82, 2.24) is 4.98 Å². The molecule has 1 heterocycles. The lowest BCUT2D eigenvalue weighted by molar-refractivity contribution is 0.102. The Labute approximate surface area is 159 Å². The number of pyridine rings is 1. The highest BCUT2D eigenvalue weighted by Crippen LogP contribution is 2.26. The summed E-state index contributed by atoms with van der Waals surface area (Å²) in [5, 5.41) is 6.16. The van der Waals surface area contributed by atoms with E-state index in [2.05, 4.69) is 15.6 Å². The first-order valence-electron chi connectivity index (χ1n) is 8.87. The number of hydrogen-bond acceptors (Lipinski definition) is 4. The summed E-state index contributed by atoms with van der Waals surface area (Å²) in [5.41, 5.74) is 3.97. The van der Waals surface area contributed by atoms with Crippen LogP contribution in [-0.4, -0.2) is 17.0 Å². The molecule has 0 saturated heterocycles. The molecule has 0 aliphatic carbocycles. The first-order valence-corrected chi connectivity index (χ1v) is 8.87. The van der Waals surface area contributed by atoms with Crippen molar-refractivity contribution >= 4 is 23.0 Å². The van der Waals surface area contributed by atoms with Crippen molar-refractivity contribution in [2.45, 2.75) is 26.9 Å². The highest BCUT2D eigenvalue weighted by Gasteiger charge is 2.12. The Morgan fingerprint density at radius 1 is 1.00 bits per heavy atom. The minimum atomic E-state index is -0.241. The normalized spacial score (nSPS) is 10.5. The largest absolute Gasteiger partial charge is 0.489 e.